The molecule has 4 nitrogen and oxygen atoms in total. The lowest BCUT2D eigenvalue weighted by atomic mass is 9.68. The maximum atomic E-state index is 12.5. The fraction of sp³-hybridized carbons (Fsp3) is 0.267. The van der Waals surface area contributed by atoms with Crippen LogP contribution in [0.15, 0.2) is 36.5 Å². The Hall–Kier alpha value is -2.01. The van der Waals surface area contributed by atoms with Crippen LogP contribution in [-0.2, 0) is 4.79 Å². The first-order chi connectivity index (χ1) is 9.63. The van der Waals surface area contributed by atoms with Crippen LogP contribution in [-0.4, -0.2) is 15.9 Å². The summed E-state index contributed by atoms with van der Waals surface area (Å²) in [6.07, 6.45) is 4.15. The second-order valence-corrected chi connectivity index (χ2v) is 5.57. The Balaban J connectivity index is 1.94. The average Bonchev–Trinajstić information content (AvgIpc) is 2.37. The molecule has 0 atom stereocenters. The highest BCUT2D eigenvalue weighted by Gasteiger charge is 2.47. The summed E-state index contributed by atoms with van der Waals surface area (Å²) in [5, 5.41) is 3.93. The van der Waals surface area contributed by atoms with Crippen LogP contribution < -0.4 is 11.1 Å². The fourth-order valence-electron chi connectivity index (χ4n) is 2.56. The van der Waals surface area contributed by atoms with Crippen LogP contribution in [0, 0.1) is 5.41 Å². The van der Waals surface area contributed by atoms with Crippen LogP contribution in [0.3, 0.4) is 0 Å². The van der Waals surface area contributed by atoms with Crippen molar-refractivity contribution in [2.24, 2.45) is 11.1 Å². The van der Waals surface area contributed by atoms with Crippen LogP contribution in [0.1, 0.15) is 19.3 Å². The van der Waals surface area contributed by atoms with Crippen molar-refractivity contribution >= 4 is 39.7 Å². The molecule has 20 heavy (non-hydrogen) atoms. The normalized spacial score (nSPS) is 16.4. The summed E-state index contributed by atoms with van der Waals surface area (Å²) in [5.74, 6) is -0.116. The Bertz CT molecular complexity index is 689. The number of thiocarbonyl (C=S) groups is 1. The van der Waals surface area contributed by atoms with Gasteiger partial charge >= 0.3 is 0 Å². The van der Waals surface area contributed by atoms with Gasteiger partial charge in [0.2, 0.25) is 5.91 Å². The molecule has 1 amide bonds. The number of nitrogens with two attached hydrogens (primary N) is 1. The number of nitrogens with one attached hydrogen (secondary N) is 1. The van der Waals surface area contributed by atoms with Gasteiger partial charge in [-0.25, -0.2) is 0 Å². The molecule has 1 heterocycles. The number of carbonyl (C=O) groups excluding carboxylic acids is 1. The van der Waals surface area contributed by atoms with Gasteiger partial charge in [-0.1, -0.05) is 36.8 Å². The molecule has 0 saturated heterocycles. The van der Waals surface area contributed by atoms with Crippen molar-refractivity contribution in [1.29, 1.82) is 0 Å². The Morgan fingerprint density at radius 2 is 2.05 bits per heavy atom. The molecule has 1 aliphatic rings. The lowest BCUT2D eigenvalue weighted by Crippen LogP contribution is -2.50. The van der Waals surface area contributed by atoms with Gasteiger partial charge in [0.15, 0.2) is 0 Å². The number of aromatic nitrogens is 1. The minimum atomic E-state index is -0.674. The highest BCUT2D eigenvalue weighted by molar-refractivity contribution is 7.80. The quantitative estimate of drug-likeness (QED) is 0.851. The molecule has 3 rings (SSSR count). The van der Waals surface area contributed by atoms with Crippen molar-refractivity contribution in [3.05, 3.63) is 36.5 Å². The summed E-state index contributed by atoms with van der Waals surface area (Å²) < 4.78 is 0. The molecular weight excluding hydrogens is 270 g/mol. The van der Waals surface area contributed by atoms with Crippen LogP contribution in [0.5, 0.6) is 0 Å². The predicted molar refractivity (Wildman–Crippen MR) is 83.4 cm³/mol. The number of pyridine rings is 1. The molecule has 0 bridgehead atoms. The number of nitrogens with zero attached hydrogens (tertiary/aromatic N) is 1. The summed E-state index contributed by atoms with van der Waals surface area (Å²) in [6, 6.07) is 9.54. The van der Waals surface area contributed by atoms with Gasteiger partial charge in [-0.05, 0) is 25.0 Å². The van der Waals surface area contributed by atoms with E-state index in [1.165, 1.54) is 0 Å². The number of anilines is 1. The van der Waals surface area contributed by atoms with Crippen LogP contribution in [0.4, 0.5) is 5.69 Å². The zero-order valence-corrected chi connectivity index (χ0v) is 11.7. The largest absolute Gasteiger partial charge is 0.392 e. The molecule has 1 aromatic heterocycles. The summed E-state index contributed by atoms with van der Waals surface area (Å²) in [7, 11) is 0. The lowest BCUT2D eigenvalue weighted by molar-refractivity contribution is -0.125. The monoisotopic (exact) mass is 285 g/mol. The molecule has 1 aliphatic carbocycles. The van der Waals surface area contributed by atoms with Crippen molar-refractivity contribution in [3.63, 3.8) is 0 Å². The molecule has 1 fully saturated rings. The van der Waals surface area contributed by atoms with E-state index in [0.29, 0.717) is 5.69 Å². The summed E-state index contributed by atoms with van der Waals surface area (Å²) in [6.45, 7) is 0. The summed E-state index contributed by atoms with van der Waals surface area (Å²) in [5.41, 5.74) is 6.56. The number of hydrogen-bond donors (Lipinski definition) is 2. The molecule has 102 valence electrons. The molecule has 2 aromatic rings. The second kappa shape index (κ2) is 4.83. The number of fused-ring (bicyclic) bond motifs is 1. The van der Waals surface area contributed by atoms with Crippen molar-refractivity contribution in [2.75, 3.05) is 5.32 Å². The van der Waals surface area contributed by atoms with Crippen molar-refractivity contribution < 1.29 is 4.79 Å². The van der Waals surface area contributed by atoms with E-state index in [-0.39, 0.29) is 10.9 Å². The van der Waals surface area contributed by atoms with Gasteiger partial charge in [0.25, 0.3) is 0 Å². The van der Waals surface area contributed by atoms with Gasteiger partial charge in [0.1, 0.15) is 0 Å². The number of benzene rings is 1. The lowest BCUT2D eigenvalue weighted by Gasteiger charge is -2.39. The minimum Gasteiger partial charge on any atom is -0.392 e. The first-order valence-electron chi connectivity index (χ1n) is 6.59. The van der Waals surface area contributed by atoms with Crippen LogP contribution in [0.2, 0.25) is 0 Å². The molecule has 0 spiro atoms. The molecule has 5 heteroatoms. The first-order valence-corrected chi connectivity index (χ1v) is 6.99. The van der Waals surface area contributed by atoms with Gasteiger partial charge < -0.3 is 11.1 Å². The maximum Gasteiger partial charge on any atom is 0.237 e. The number of carbonyl (C=O) groups is 1. The summed E-state index contributed by atoms with van der Waals surface area (Å²) >= 11 is 5.07. The SMILES string of the molecule is NC(=S)C1(C(=O)Nc2cccc3cccnc23)CCC1. The number of hydrogen-bond acceptors (Lipinski definition) is 3. The van der Waals surface area contributed by atoms with Crippen LogP contribution in [0.25, 0.3) is 10.9 Å². The van der Waals surface area contributed by atoms with Gasteiger partial charge in [0, 0.05) is 11.6 Å². The van der Waals surface area contributed by atoms with Crippen LogP contribution >= 0.6 is 12.2 Å². The predicted octanol–water partition coefficient (Wildman–Crippen LogP) is 2.63. The van der Waals surface area contributed by atoms with Crippen molar-refractivity contribution in [1.82, 2.24) is 4.98 Å². The van der Waals surface area contributed by atoms with Crippen molar-refractivity contribution in [3.8, 4) is 0 Å². The molecule has 0 radical (unpaired) electrons. The third-order valence-electron chi connectivity index (χ3n) is 3.99. The topological polar surface area (TPSA) is 68.0 Å². The molecule has 0 unspecified atom stereocenters. The van der Waals surface area contributed by atoms with E-state index in [0.717, 1.165) is 30.2 Å². The van der Waals surface area contributed by atoms with E-state index in [2.05, 4.69) is 10.3 Å². The van der Waals surface area contributed by atoms with E-state index in [1.807, 2.05) is 30.3 Å². The zero-order chi connectivity index (χ0) is 14.2. The van der Waals surface area contributed by atoms with E-state index in [1.54, 1.807) is 6.20 Å². The molecular formula is C15H15N3OS. The third kappa shape index (κ3) is 1.94. The third-order valence-corrected chi connectivity index (χ3v) is 4.39. The van der Waals surface area contributed by atoms with Gasteiger partial charge in [-0.15, -0.1) is 0 Å². The van der Waals surface area contributed by atoms with E-state index in [4.69, 9.17) is 18.0 Å². The fourth-order valence-corrected chi connectivity index (χ4v) is 2.86. The van der Waals surface area contributed by atoms with E-state index >= 15 is 0 Å². The van der Waals surface area contributed by atoms with Crippen molar-refractivity contribution in [2.45, 2.75) is 19.3 Å². The Kier molecular flexibility index (Phi) is 3.14. The first kappa shape index (κ1) is 13.0. The van der Waals surface area contributed by atoms with Gasteiger partial charge in [0.05, 0.1) is 21.6 Å². The molecule has 0 aliphatic heterocycles. The minimum absolute atomic E-state index is 0.116. The van der Waals surface area contributed by atoms with Gasteiger partial charge in [-0.2, -0.15) is 0 Å². The Labute approximate surface area is 122 Å². The zero-order valence-electron chi connectivity index (χ0n) is 10.9. The highest BCUT2D eigenvalue weighted by atomic mass is 32.1. The number of rotatable bonds is 3. The van der Waals surface area contributed by atoms with E-state index in [9.17, 15) is 4.79 Å². The highest BCUT2D eigenvalue weighted by Crippen LogP contribution is 2.42. The molecule has 1 saturated carbocycles. The standard InChI is InChI=1S/C15H15N3OS/c16-13(20)15(7-3-8-15)14(19)18-11-6-1-4-10-5-2-9-17-12(10)11/h1-2,4-6,9H,3,7-8H2,(H2,16,20)(H,18,19). The second-order valence-electron chi connectivity index (χ2n) is 5.13. The number of para-hydroxylation sites is 1. The Morgan fingerprint density at radius 3 is 2.70 bits per heavy atom. The Morgan fingerprint density at radius 1 is 1.30 bits per heavy atom. The smallest absolute Gasteiger partial charge is 0.237 e. The maximum absolute atomic E-state index is 12.5. The van der Waals surface area contributed by atoms with E-state index < -0.39 is 5.41 Å². The molecule has 3 N–H and O–H groups in total. The summed E-state index contributed by atoms with van der Waals surface area (Å²) in [4.78, 5) is 17.1. The number of amides is 1. The molecule has 1 aromatic carbocycles. The average molecular weight is 285 g/mol. The van der Waals surface area contributed by atoms with Gasteiger partial charge in [-0.3, -0.25) is 9.78 Å².